The maximum atomic E-state index is 13.4. The standard InChI is InChI=1S/C14H18FN3O3/c15-12-10-11(4-5-13(12)18(20)21)14(19)16-6-3-9-17-7-1-2-8-17/h4-5,10H,1-3,6-9H2,(H,16,19). The Kier molecular flexibility index (Phi) is 5.21. The zero-order valence-electron chi connectivity index (χ0n) is 11.7. The molecule has 1 saturated heterocycles. The minimum atomic E-state index is -0.996. The number of nitro benzene ring substituents is 1. The van der Waals surface area contributed by atoms with Crippen molar-refractivity contribution >= 4 is 11.6 Å². The Morgan fingerprint density at radius 2 is 2.10 bits per heavy atom. The van der Waals surface area contributed by atoms with Crippen LogP contribution >= 0.6 is 0 Å². The van der Waals surface area contributed by atoms with Crippen LogP contribution in [0.25, 0.3) is 0 Å². The number of carbonyl (C=O) groups excluding carboxylic acids is 1. The molecular formula is C14H18FN3O3. The van der Waals surface area contributed by atoms with Gasteiger partial charge in [-0.2, -0.15) is 4.39 Å². The van der Waals surface area contributed by atoms with E-state index < -0.39 is 22.3 Å². The number of amides is 1. The Bertz CT molecular complexity index is 530. The second-order valence-corrected chi connectivity index (χ2v) is 5.08. The van der Waals surface area contributed by atoms with Gasteiger partial charge in [0.25, 0.3) is 5.91 Å². The number of hydrogen-bond donors (Lipinski definition) is 1. The Balaban J connectivity index is 1.80. The van der Waals surface area contributed by atoms with E-state index in [4.69, 9.17) is 0 Å². The number of nitrogens with one attached hydrogen (secondary N) is 1. The van der Waals surface area contributed by atoms with Gasteiger partial charge in [-0.1, -0.05) is 0 Å². The van der Waals surface area contributed by atoms with Gasteiger partial charge >= 0.3 is 5.69 Å². The Morgan fingerprint density at radius 1 is 1.38 bits per heavy atom. The Labute approximate surface area is 122 Å². The molecule has 6 nitrogen and oxygen atoms in total. The number of nitrogens with zero attached hydrogens (tertiary/aromatic N) is 2. The zero-order chi connectivity index (χ0) is 15.2. The minimum Gasteiger partial charge on any atom is -0.352 e. The molecule has 0 radical (unpaired) electrons. The molecule has 0 aromatic heterocycles. The van der Waals surface area contributed by atoms with Crippen molar-refractivity contribution < 1.29 is 14.1 Å². The molecule has 1 fully saturated rings. The number of hydrogen-bond acceptors (Lipinski definition) is 4. The third kappa shape index (κ3) is 4.22. The minimum absolute atomic E-state index is 0.0965. The monoisotopic (exact) mass is 295 g/mol. The van der Waals surface area contributed by atoms with Gasteiger partial charge in [0.1, 0.15) is 0 Å². The van der Waals surface area contributed by atoms with Gasteiger partial charge in [0.2, 0.25) is 5.82 Å². The highest BCUT2D eigenvalue weighted by Gasteiger charge is 2.16. The van der Waals surface area contributed by atoms with Crippen molar-refractivity contribution in [1.82, 2.24) is 10.2 Å². The van der Waals surface area contributed by atoms with Gasteiger partial charge in [0, 0.05) is 18.2 Å². The topological polar surface area (TPSA) is 75.5 Å². The summed E-state index contributed by atoms with van der Waals surface area (Å²) in [5.41, 5.74) is -0.528. The van der Waals surface area contributed by atoms with E-state index in [2.05, 4.69) is 10.2 Å². The van der Waals surface area contributed by atoms with Crippen LogP contribution in [0.4, 0.5) is 10.1 Å². The molecule has 1 aliphatic heterocycles. The number of carbonyl (C=O) groups is 1. The van der Waals surface area contributed by atoms with E-state index in [0.717, 1.165) is 38.2 Å². The summed E-state index contributed by atoms with van der Waals surface area (Å²) in [7, 11) is 0. The maximum absolute atomic E-state index is 13.4. The molecule has 0 atom stereocenters. The number of nitro groups is 1. The molecule has 0 saturated carbocycles. The largest absolute Gasteiger partial charge is 0.352 e. The molecule has 21 heavy (non-hydrogen) atoms. The second-order valence-electron chi connectivity index (χ2n) is 5.08. The van der Waals surface area contributed by atoms with Crippen LogP contribution in [-0.2, 0) is 0 Å². The lowest BCUT2D eigenvalue weighted by molar-refractivity contribution is -0.387. The highest BCUT2D eigenvalue weighted by atomic mass is 19.1. The summed E-state index contributed by atoms with van der Waals surface area (Å²) < 4.78 is 13.4. The normalized spacial score (nSPS) is 15.1. The van der Waals surface area contributed by atoms with E-state index in [1.165, 1.54) is 18.9 Å². The lowest BCUT2D eigenvalue weighted by Gasteiger charge is -2.14. The summed E-state index contributed by atoms with van der Waals surface area (Å²) in [6.45, 7) is 3.67. The van der Waals surface area contributed by atoms with Gasteiger partial charge < -0.3 is 10.2 Å². The molecule has 114 valence electrons. The molecule has 0 spiro atoms. The third-order valence-corrected chi connectivity index (χ3v) is 3.54. The van der Waals surface area contributed by atoms with Crippen LogP contribution in [0.1, 0.15) is 29.6 Å². The Hall–Kier alpha value is -2.02. The first-order chi connectivity index (χ1) is 10.1. The highest BCUT2D eigenvalue weighted by Crippen LogP contribution is 2.17. The second kappa shape index (κ2) is 7.12. The number of halogens is 1. The molecule has 1 aromatic carbocycles. The molecular weight excluding hydrogens is 277 g/mol. The molecule has 2 rings (SSSR count). The number of benzene rings is 1. The van der Waals surface area contributed by atoms with E-state index in [1.54, 1.807) is 0 Å². The molecule has 1 aromatic rings. The van der Waals surface area contributed by atoms with E-state index in [0.29, 0.717) is 6.54 Å². The first-order valence-corrected chi connectivity index (χ1v) is 7.02. The highest BCUT2D eigenvalue weighted by molar-refractivity contribution is 5.94. The van der Waals surface area contributed by atoms with Crippen molar-refractivity contribution in [3.8, 4) is 0 Å². The van der Waals surface area contributed by atoms with Crippen molar-refractivity contribution in [2.24, 2.45) is 0 Å². The smallest absolute Gasteiger partial charge is 0.304 e. The van der Waals surface area contributed by atoms with Gasteiger partial charge in [-0.3, -0.25) is 14.9 Å². The van der Waals surface area contributed by atoms with Crippen molar-refractivity contribution in [2.75, 3.05) is 26.2 Å². The van der Waals surface area contributed by atoms with Gasteiger partial charge in [0.15, 0.2) is 0 Å². The lowest BCUT2D eigenvalue weighted by Crippen LogP contribution is -2.28. The van der Waals surface area contributed by atoms with E-state index in [-0.39, 0.29) is 5.56 Å². The van der Waals surface area contributed by atoms with Crippen LogP contribution in [0.15, 0.2) is 18.2 Å². The van der Waals surface area contributed by atoms with Gasteiger partial charge in [-0.25, -0.2) is 0 Å². The fourth-order valence-corrected chi connectivity index (χ4v) is 2.41. The molecule has 7 heteroatoms. The maximum Gasteiger partial charge on any atom is 0.304 e. The fourth-order valence-electron chi connectivity index (χ4n) is 2.41. The van der Waals surface area contributed by atoms with Crippen molar-refractivity contribution in [1.29, 1.82) is 0 Å². The van der Waals surface area contributed by atoms with E-state index in [9.17, 15) is 19.3 Å². The third-order valence-electron chi connectivity index (χ3n) is 3.54. The predicted molar refractivity (Wildman–Crippen MR) is 75.7 cm³/mol. The summed E-state index contributed by atoms with van der Waals surface area (Å²) in [5.74, 6) is -1.41. The fraction of sp³-hybridized carbons (Fsp3) is 0.500. The molecule has 1 aliphatic rings. The summed E-state index contributed by atoms with van der Waals surface area (Å²) in [6.07, 6.45) is 3.30. The molecule has 1 N–H and O–H groups in total. The first kappa shape index (κ1) is 15.4. The van der Waals surface area contributed by atoms with E-state index in [1.807, 2.05) is 0 Å². The van der Waals surface area contributed by atoms with Crippen molar-refractivity contribution in [2.45, 2.75) is 19.3 Å². The quantitative estimate of drug-likeness (QED) is 0.494. The van der Waals surface area contributed by atoms with E-state index >= 15 is 0 Å². The summed E-state index contributed by atoms with van der Waals surface area (Å²) in [5, 5.41) is 13.2. The number of rotatable bonds is 6. The van der Waals surface area contributed by atoms with Crippen LogP contribution in [0, 0.1) is 15.9 Å². The molecule has 1 heterocycles. The summed E-state index contributed by atoms with van der Waals surface area (Å²) >= 11 is 0. The van der Waals surface area contributed by atoms with Gasteiger partial charge in [-0.05, 0) is 51.0 Å². The lowest BCUT2D eigenvalue weighted by atomic mass is 10.2. The first-order valence-electron chi connectivity index (χ1n) is 7.02. The van der Waals surface area contributed by atoms with Gasteiger partial charge in [0.05, 0.1) is 4.92 Å². The molecule has 0 aliphatic carbocycles. The van der Waals surface area contributed by atoms with Crippen LogP contribution in [-0.4, -0.2) is 41.9 Å². The SMILES string of the molecule is O=C(NCCCN1CCCC1)c1ccc([N+](=O)[O-])c(F)c1. The summed E-state index contributed by atoms with van der Waals surface area (Å²) in [6, 6.07) is 3.17. The average Bonchev–Trinajstić information content (AvgIpc) is 2.96. The van der Waals surface area contributed by atoms with Crippen LogP contribution < -0.4 is 5.32 Å². The van der Waals surface area contributed by atoms with Gasteiger partial charge in [-0.15, -0.1) is 0 Å². The van der Waals surface area contributed by atoms with Crippen LogP contribution in [0.5, 0.6) is 0 Å². The molecule has 0 unspecified atom stereocenters. The van der Waals surface area contributed by atoms with Crippen LogP contribution in [0.3, 0.4) is 0 Å². The predicted octanol–water partition coefficient (Wildman–Crippen LogP) is 1.95. The molecule has 1 amide bonds. The average molecular weight is 295 g/mol. The zero-order valence-corrected chi connectivity index (χ0v) is 11.7. The summed E-state index contributed by atoms with van der Waals surface area (Å²) in [4.78, 5) is 23.8. The molecule has 0 bridgehead atoms. The van der Waals surface area contributed by atoms with Crippen LogP contribution in [0.2, 0.25) is 0 Å². The van der Waals surface area contributed by atoms with Crippen molar-refractivity contribution in [3.05, 3.63) is 39.7 Å². The number of likely N-dealkylation sites (tertiary alicyclic amines) is 1. The van der Waals surface area contributed by atoms with Crippen molar-refractivity contribution in [3.63, 3.8) is 0 Å². The Morgan fingerprint density at radius 3 is 2.71 bits per heavy atom.